The second kappa shape index (κ2) is 4.33. The molecule has 0 bridgehead atoms. The van der Waals surface area contributed by atoms with Crippen LogP contribution >= 0.6 is 0 Å². The molecule has 0 aliphatic heterocycles. The molecule has 0 aliphatic carbocycles. The topological polar surface area (TPSA) is 50.2 Å². The highest BCUT2D eigenvalue weighted by Crippen LogP contribution is 2.08. The van der Waals surface area contributed by atoms with Crippen molar-refractivity contribution in [1.82, 2.24) is 14.6 Å². The van der Waals surface area contributed by atoms with Crippen molar-refractivity contribution < 1.29 is 0 Å². The summed E-state index contributed by atoms with van der Waals surface area (Å²) in [6.07, 6.45) is 5.63. The zero-order valence-electron chi connectivity index (χ0n) is 9.58. The van der Waals surface area contributed by atoms with Crippen LogP contribution in [0.5, 0.6) is 0 Å². The molecule has 0 saturated heterocycles. The minimum atomic E-state index is -0.144. The van der Waals surface area contributed by atoms with Gasteiger partial charge in [0.25, 0.3) is 5.56 Å². The Hall–Kier alpha value is -2.62. The molecule has 1 aromatic carbocycles. The van der Waals surface area contributed by atoms with Crippen LogP contribution in [0.25, 0.3) is 17.8 Å². The summed E-state index contributed by atoms with van der Waals surface area (Å²) in [6.45, 7) is 0. The fourth-order valence-corrected chi connectivity index (χ4v) is 1.78. The van der Waals surface area contributed by atoms with Gasteiger partial charge in [-0.05, 0) is 17.7 Å². The number of hydrogen-bond acceptors (Lipinski definition) is 2. The van der Waals surface area contributed by atoms with E-state index in [1.165, 1.54) is 6.07 Å². The number of H-pyrrole nitrogens is 1. The summed E-state index contributed by atoms with van der Waals surface area (Å²) in [4.78, 5) is 15.5. The normalized spacial score (nSPS) is 11.3. The summed E-state index contributed by atoms with van der Waals surface area (Å²) in [5.41, 5.74) is 2.52. The molecule has 0 spiro atoms. The maximum atomic E-state index is 11.3. The van der Waals surface area contributed by atoms with Crippen LogP contribution in [0.2, 0.25) is 0 Å². The molecule has 3 rings (SSSR count). The van der Waals surface area contributed by atoms with Gasteiger partial charge in [0.05, 0.1) is 11.9 Å². The van der Waals surface area contributed by atoms with Crippen LogP contribution in [0.1, 0.15) is 11.3 Å². The van der Waals surface area contributed by atoms with Crippen molar-refractivity contribution in [2.45, 2.75) is 0 Å². The van der Waals surface area contributed by atoms with E-state index in [9.17, 15) is 4.79 Å². The van der Waals surface area contributed by atoms with Gasteiger partial charge >= 0.3 is 0 Å². The van der Waals surface area contributed by atoms with Gasteiger partial charge in [-0.1, -0.05) is 36.4 Å². The molecule has 0 radical (unpaired) electrons. The van der Waals surface area contributed by atoms with E-state index >= 15 is 0 Å². The smallest absolute Gasteiger partial charge is 0.263 e. The van der Waals surface area contributed by atoms with E-state index in [0.717, 1.165) is 16.9 Å². The lowest BCUT2D eigenvalue weighted by Gasteiger charge is -1.95. The van der Waals surface area contributed by atoms with Crippen molar-refractivity contribution in [3.63, 3.8) is 0 Å². The highest BCUT2D eigenvalue weighted by molar-refractivity contribution is 5.68. The van der Waals surface area contributed by atoms with Crippen LogP contribution in [0.15, 0.2) is 53.5 Å². The first-order valence-electron chi connectivity index (χ1n) is 5.63. The van der Waals surface area contributed by atoms with Crippen LogP contribution in [0.4, 0.5) is 0 Å². The lowest BCUT2D eigenvalue weighted by atomic mass is 10.2. The third-order valence-electron chi connectivity index (χ3n) is 2.67. The summed E-state index contributed by atoms with van der Waals surface area (Å²) in [5.74, 6) is 0. The van der Waals surface area contributed by atoms with Crippen molar-refractivity contribution >= 4 is 17.8 Å². The molecular weight excluding hydrogens is 226 g/mol. The number of nitrogens with zero attached hydrogens (tertiary/aromatic N) is 2. The zero-order valence-corrected chi connectivity index (χ0v) is 9.58. The van der Waals surface area contributed by atoms with Gasteiger partial charge in [0, 0.05) is 6.07 Å². The first-order chi connectivity index (χ1) is 8.83. The second-order valence-corrected chi connectivity index (χ2v) is 3.93. The van der Waals surface area contributed by atoms with Crippen molar-refractivity contribution in [2.75, 3.05) is 0 Å². The van der Waals surface area contributed by atoms with Gasteiger partial charge in [0.15, 0.2) is 5.65 Å². The van der Waals surface area contributed by atoms with Crippen LogP contribution in [-0.2, 0) is 0 Å². The van der Waals surface area contributed by atoms with E-state index in [1.54, 1.807) is 16.8 Å². The van der Waals surface area contributed by atoms with E-state index in [-0.39, 0.29) is 5.56 Å². The maximum absolute atomic E-state index is 11.3. The van der Waals surface area contributed by atoms with Crippen LogP contribution < -0.4 is 5.56 Å². The molecule has 4 heteroatoms. The van der Waals surface area contributed by atoms with Crippen LogP contribution in [0.3, 0.4) is 0 Å². The molecule has 0 atom stereocenters. The SMILES string of the molecule is O=c1ccc2ncc(/C=C/c3ccccc3)n2[nH]1. The molecule has 3 aromatic rings. The average Bonchev–Trinajstić information content (AvgIpc) is 2.80. The lowest BCUT2D eigenvalue weighted by molar-refractivity contribution is 0.896. The van der Waals surface area contributed by atoms with Crippen molar-refractivity contribution in [3.05, 3.63) is 70.3 Å². The molecule has 0 fully saturated rings. The Morgan fingerprint density at radius 2 is 1.89 bits per heavy atom. The lowest BCUT2D eigenvalue weighted by Crippen LogP contribution is -2.09. The minimum absolute atomic E-state index is 0.144. The monoisotopic (exact) mass is 237 g/mol. The number of aromatic nitrogens is 3. The Morgan fingerprint density at radius 3 is 2.72 bits per heavy atom. The molecule has 0 saturated carbocycles. The fourth-order valence-electron chi connectivity index (χ4n) is 1.78. The quantitative estimate of drug-likeness (QED) is 0.742. The number of nitrogens with one attached hydrogen (secondary N) is 1. The molecule has 18 heavy (non-hydrogen) atoms. The predicted octanol–water partition coefficient (Wildman–Crippen LogP) is 2.19. The molecule has 4 nitrogen and oxygen atoms in total. The first-order valence-corrected chi connectivity index (χ1v) is 5.63. The minimum Gasteiger partial charge on any atom is -0.268 e. The third-order valence-corrected chi connectivity index (χ3v) is 2.67. The standard InChI is InChI=1S/C14H11N3O/c18-14-9-8-13-15-10-12(17(13)16-14)7-6-11-4-2-1-3-5-11/h1-10H,(H,16,18)/b7-6+. The van der Waals surface area contributed by atoms with Gasteiger partial charge in [-0.25, -0.2) is 9.50 Å². The van der Waals surface area contributed by atoms with E-state index < -0.39 is 0 Å². The number of hydrogen-bond donors (Lipinski definition) is 1. The Morgan fingerprint density at radius 1 is 1.06 bits per heavy atom. The molecule has 88 valence electrons. The zero-order chi connectivity index (χ0) is 12.4. The number of benzene rings is 1. The van der Waals surface area contributed by atoms with Crippen LogP contribution in [-0.4, -0.2) is 14.6 Å². The highest BCUT2D eigenvalue weighted by atomic mass is 16.1. The number of fused-ring (bicyclic) bond motifs is 1. The average molecular weight is 237 g/mol. The van der Waals surface area contributed by atoms with Gasteiger partial charge in [0.2, 0.25) is 0 Å². The summed E-state index contributed by atoms with van der Waals surface area (Å²) < 4.78 is 1.67. The molecule has 2 aromatic heterocycles. The van der Waals surface area contributed by atoms with Crippen molar-refractivity contribution in [3.8, 4) is 0 Å². The van der Waals surface area contributed by atoms with Crippen molar-refractivity contribution in [1.29, 1.82) is 0 Å². The van der Waals surface area contributed by atoms with Gasteiger partial charge in [-0.3, -0.25) is 9.89 Å². The maximum Gasteiger partial charge on any atom is 0.263 e. The fraction of sp³-hybridized carbons (Fsp3) is 0. The summed E-state index contributed by atoms with van der Waals surface area (Å²) >= 11 is 0. The van der Waals surface area contributed by atoms with Gasteiger partial charge in [-0.15, -0.1) is 0 Å². The van der Waals surface area contributed by atoms with Gasteiger partial charge < -0.3 is 0 Å². The summed E-state index contributed by atoms with van der Waals surface area (Å²) in [5, 5.41) is 2.72. The van der Waals surface area contributed by atoms with Gasteiger partial charge in [0.1, 0.15) is 0 Å². The molecular formula is C14H11N3O. The number of aromatic amines is 1. The van der Waals surface area contributed by atoms with Gasteiger partial charge in [-0.2, -0.15) is 0 Å². The predicted molar refractivity (Wildman–Crippen MR) is 71.2 cm³/mol. The van der Waals surface area contributed by atoms with E-state index in [1.807, 2.05) is 42.5 Å². The van der Waals surface area contributed by atoms with E-state index in [0.29, 0.717) is 0 Å². The molecule has 0 aliphatic rings. The molecule has 0 unspecified atom stereocenters. The Labute approximate surface area is 103 Å². The van der Waals surface area contributed by atoms with Crippen molar-refractivity contribution in [2.24, 2.45) is 0 Å². The first kappa shape index (κ1) is 10.5. The molecule has 1 N–H and O–H groups in total. The Balaban J connectivity index is 2.03. The third kappa shape index (κ3) is 1.96. The van der Waals surface area contributed by atoms with E-state index in [4.69, 9.17) is 0 Å². The largest absolute Gasteiger partial charge is 0.268 e. The Bertz CT molecular complexity index is 753. The molecule has 0 amide bonds. The second-order valence-electron chi connectivity index (χ2n) is 3.93. The summed E-state index contributed by atoms with van der Waals surface area (Å²) in [7, 11) is 0. The van der Waals surface area contributed by atoms with E-state index in [2.05, 4.69) is 10.1 Å². The number of imidazole rings is 1. The van der Waals surface area contributed by atoms with Crippen LogP contribution in [0, 0.1) is 0 Å². The molecule has 2 heterocycles. The number of rotatable bonds is 2. The highest BCUT2D eigenvalue weighted by Gasteiger charge is 1.99. The summed E-state index contributed by atoms with van der Waals surface area (Å²) in [6, 6.07) is 13.1. The Kier molecular flexibility index (Phi) is 2.53.